The van der Waals surface area contributed by atoms with Crippen LogP contribution in [0.5, 0.6) is 0 Å². The van der Waals surface area contributed by atoms with Crippen LogP contribution >= 0.6 is 11.8 Å². The maximum atomic E-state index is 12.8. The van der Waals surface area contributed by atoms with Gasteiger partial charge in [0.25, 0.3) is 5.91 Å². The van der Waals surface area contributed by atoms with Crippen LogP contribution in [0.4, 0.5) is 4.79 Å². The van der Waals surface area contributed by atoms with Crippen molar-refractivity contribution in [3.63, 3.8) is 0 Å². The Labute approximate surface area is 171 Å². The first kappa shape index (κ1) is 20.0. The summed E-state index contributed by atoms with van der Waals surface area (Å²) in [5, 5.41) is 7.74. The van der Waals surface area contributed by atoms with Crippen LogP contribution in [-0.4, -0.2) is 57.7 Å². The number of carbonyl (C=O) groups is 2. The second-order valence-electron chi connectivity index (χ2n) is 9.47. The molecule has 2 N–H and O–H groups in total. The zero-order valence-corrected chi connectivity index (χ0v) is 17.9. The monoisotopic (exact) mass is 408 g/mol. The molecule has 2 saturated heterocycles. The van der Waals surface area contributed by atoms with Gasteiger partial charge in [0.15, 0.2) is 10.0 Å². The van der Waals surface area contributed by atoms with Gasteiger partial charge in [0.1, 0.15) is 5.60 Å². The van der Waals surface area contributed by atoms with Crippen molar-refractivity contribution >= 4 is 28.9 Å². The van der Waals surface area contributed by atoms with E-state index in [2.05, 4.69) is 15.6 Å². The molecular weight excluding hydrogens is 376 g/mol. The number of ether oxygens (including phenoxy) is 1. The van der Waals surface area contributed by atoms with E-state index in [0.717, 1.165) is 24.4 Å². The molecule has 4 aliphatic rings. The van der Waals surface area contributed by atoms with Crippen LogP contribution in [-0.2, 0) is 9.53 Å². The smallest absolute Gasteiger partial charge is 0.410 e. The first-order valence-corrected chi connectivity index (χ1v) is 11.4. The Morgan fingerprint density at radius 3 is 2.64 bits per heavy atom. The summed E-state index contributed by atoms with van der Waals surface area (Å²) in [6, 6.07) is 0.680. The Bertz CT molecular complexity index is 669. The predicted octanol–water partition coefficient (Wildman–Crippen LogP) is 2.85. The lowest BCUT2D eigenvalue weighted by atomic mass is 9.77. The lowest BCUT2D eigenvalue weighted by Gasteiger charge is -2.56. The molecule has 1 saturated carbocycles. The van der Waals surface area contributed by atoms with Crippen LogP contribution in [0.25, 0.3) is 0 Å². The summed E-state index contributed by atoms with van der Waals surface area (Å²) in [6.07, 6.45) is 7.91. The zero-order chi connectivity index (χ0) is 19.9. The van der Waals surface area contributed by atoms with Crippen molar-refractivity contribution < 1.29 is 14.3 Å². The highest BCUT2D eigenvalue weighted by molar-refractivity contribution is 8.16. The number of amidine groups is 1. The molecule has 4 rings (SSSR count). The molecule has 3 atom stereocenters. The molecule has 3 heterocycles. The highest BCUT2D eigenvalue weighted by atomic mass is 32.2. The highest BCUT2D eigenvalue weighted by Gasteiger charge is 2.64. The number of hydrogen-bond donors (Lipinski definition) is 2. The molecule has 0 radical (unpaired) electrons. The number of thioether (sulfide) groups is 1. The third-order valence-corrected chi connectivity index (χ3v) is 7.47. The third kappa shape index (κ3) is 3.90. The van der Waals surface area contributed by atoms with Crippen molar-refractivity contribution in [3.8, 4) is 0 Å². The van der Waals surface area contributed by atoms with E-state index in [9.17, 15) is 9.59 Å². The molecule has 0 aromatic heterocycles. The number of fused-ring (bicyclic) bond motifs is 2. The summed E-state index contributed by atoms with van der Waals surface area (Å²) >= 11 is 1.52. The average molecular weight is 409 g/mol. The minimum atomic E-state index is -0.710. The third-order valence-electron chi connectivity index (χ3n) is 6.15. The van der Waals surface area contributed by atoms with Gasteiger partial charge >= 0.3 is 6.09 Å². The lowest BCUT2D eigenvalue weighted by molar-refractivity contribution is -0.128. The van der Waals surface area contributed by atoms with Gasteiger partial charge in [0.05, 0.1) is 0 Å². The van der Waals surface area contributed by atoms with Crippen molar-refractivity contribution in [2.24, 2.45) is 10.9 Å². The summed E-state index contributed by atoms with van der Waals surface area (Å²) in [7, 11) is 0. The molecule has 156 valence electrons. The largest absolute Gasteiger partial charge is 0.444 e. The van der Waals surface area contributed by atoms with E-state index in [4.69, 9.17) is 4.74 Å². The fourth-order valence-corrected chi connectivity index (χ4v) is 6.09. The Morgan fingerprint density at radius 2 is 1.96 bits per heavy atom. The lowest BCUT2D eigenvalue weighted by Crippen LogP contribution is -2.76. The molecule has 1 spiro atoms. The molecule has 3 fully saturated rings. The number of nitrogens with zero attached hydrogens (tertiary/aromatic N) is 2. The molecule has 0 aromatic carbocycles. The number of hydrogen-bond acceptors (Lipinski definition) is 6. The molecule has 8 heteroatoms. The molecule has 7 nitrogen and oxygen atoms in total. The minimum Gasteiger partial charge on any atom is -0.444 e. The van der Waals surface area contributed by atoms with Crippen LogP contribution in [0.1, 0.15) is 65.7 Å². The van der Waals surface area contributed by atoms with Gasteiger partial charge < -0.3 is 15.0 Å². The summed E-state index contributed by atoms with van der Waals surface area (Å²) < 4.78 is 5.53. The minimum absolute atomic E-state index is 0.0726. The van der Waals surface area contributed by atoms with Crippen molar-refractivity contribution in [1.82, 2.24) is 15.5 Å². The molecule has 1 aliphatic carbocycles. The van der Waals surface area contributed by atoms with Crippen molar-refractivity contribution in [3.05, 3.63) is 0 Å². The number of likely N-dealkylation sites (tertiary alicyclic amines) is 1. The van der Waals surface area contributed by atoms with E-state index in [0.29, 0.717) is 19.1 Å². The summed E-state index contributed by atoms with van der Waals surface area (Å²) in [5.74, 6) is -0.0376. The number of amides is 2. The van der Waals surface area contributed by atoms with Gasteiger partial charge in [-0.1, -0.05) is 37.4 Å². The van der Waals surface area contributed by atoms with Crippen molar-refractivity contribution in [2.75, 3.05) is 13.1 Å². The molecule has 0 bridgehead atoms. The van der Waals surface area contributed by atoms with E-state index in [1.807, 2.05) is 20.8 Å². The van der Waals surface area contributed by atoms with Crippen LogP contribution in [0.15, 0.2) is 4.99 Å². The summed E-state index contributed by atoms with van der Waals surface area (Å²) in [6.45, 7) is 6.82. The van der Waals surface area contributed by atoms with Gasteiger partial charge in [0, 0.05) is 31.1 Å². The van der Waals surface area contributed by atoms with Gasteiger partial charge in [-0.05, 0) is 40.0 Å². The normalized spacial score (nSPS) is 33.8. The fourth-order valence-electron chi connectivity index (χ4n) is 4.70. The SMILES string of the molecule is CC(C)(C)OC(=O)N1CCC2NC3(SC(NC4CCCCCC4)=NC3=O)C2C1. The second-order valence-corrected chi connectivity index (χ2v) is 10.7. The maximum absolute atomic E-state index is 12.8. The zero-order valence-electron chi connectivity index (χ0n) is 17.1. The Hall–Kier alpha value is -1.28. The van der Waals surface area contributed by atoms with Crippen LogP contribution < -0.4 is 10.6 Å². The second kappa shape index (κ2) is 7.52. The van der Waals surface area contributed by atoms with Crippen LogP contribution in [0.3, 0.4) is 0 Å². The first-order chi connectivity index (χ1) is 13.3. The number of piperidine rings is 1. The van der Waals surface area contributed by atoms with Crippen LogP contribution in [0.2, 0.25) is 0 Å². The molecule has 3 aliphatic heterocycles. The van der Waals surface area contributed by atoms with Gasteiger partial charge in [0.2, 0.25) is 0 Å². The van der Waals surface area contributed by atoms with E-state index in [-0.39, 0.29) is 24.0 Å². The van der Waals surface area contributed by atoms with Gasteiger partial charge in [-0.15, -0.1) is 0 Å². The van der Waals surface area contributed by atoms with E-state index >= 15 is 0 Å². The van der Waals surface area contributed by atoms with E-state index in [1.165, 1.54) is 37.4 Å². The van der Waals surface area contributed by atoms with Crippen molar-refractivity contribution in [2.45, 2.75) is 88.3 Å². The predicted molar refractivity (Wildman–Crippen MR) is 110 cm³/mol. The molecule has 2 amide bonds. The highest BCUT2D eigenvalue weighted by Crippen LogP contribution is 2.49. The Kier molecular flexibility index (Phi) is 5.37. The van der Waals surface area contributed by atoms with Gasteiger partial charge in [-0.2, -0.15) is 4.99 Å². The standard InChI is InChI=1S/C20H32N4O3S/c1-19(2,3)27-18(26)24-11-10-15-14(12-24)20(23-15)16(25)22-17(28-20)21-13-8-6-4-5-7-9-13/h13-15,23H,4-12H2,1-3H3,(H,21,22,25). The van der Waals surface area contributed by atoms with Gasteiger partial charge in [-0.3, -0.25) is 10.1 Å². The Morgan fingerprint density at radius 1 is 1.25 bits per heavy atom. The van der Waals surface area contributed by atoms with Gasteiger partial charge in [-0.25, -0.2) is 4.79 Å². The Balaban J connectivity index is 1.38. The molecule has 3 unspecified atom stereocenters. The van der Waals surface area contributed by atoms with Crippen molar-refractivity contribution in [1.29, 1.82) is 0 Å². The van der Waals surface area contributed by atoms with Crippen LogP contribution in [0, 0.1) is 5.92 Å². The number of rotatable bonds is 1. The quantitative estimate of drug-likeness (QED) is 0.649. The summed E-state index contributed by atoms with van der Waals surface area (Å²) in [4.78, 5) is 30.7. The summed E-state index contributed by atoms with van der Waals surface area (Å²) in [5.41, 5.74) is -0.514. The molecule has 0 aromatic rings. The average Bonchev–Trinajstić information content (AvgIpc) is 2.77. The number of carbonyl (C=O) groups excluding carboxylic acids is 2. The molecular formula is C20H32N4O3S. The number of aliphatic imine (C=N–C) groups is 1. The first-order valence-electron chi connectivity index (χ1n) is 10.6. The topological polar surface area (TPSA) is 83.0 Å². The fraction of sp³-hybridized carbons (Fsp3) is 0.850. The number of nitrogens with one attached hydrogen (secondary N) is 2. The van der Waals surface area contributed by atoms with E-state index in [1.54, 1.807) is 4.90 Å². The van der Waals surface area contributed by atoms with E-state index < -0.39 is 10.5 Å². The molecule has 28 heavy (non-hydrogen) atoms. The maximum Gasteiger partial charge on any atom is 0.410 e.